The average molecular weight is 368 g/mol. The van der Waals surface area contributed by atoms with Gasteiger partial charge in [-0.05, 0) is 37.6 Å². The Balaban J connectivity index is 1.26. The summed E-state index contributed by atoms with van der Waals surface area (Å²) in [4.78, 5) is 18.3. The number of carbonyl (C=O) groups excluding carboxylic acids is 1. The van der Waals surface area contributed by atoms with Crippen LogP contribution in [0, 0.1) is 12.8 Å². The number of pyridine rings is 1. The van der Waals surface area contributed by atoms with E-state index in [0.717, 1.165) is 17.7 Å². The molecule has 4 rings (SSSR count). The van der Waals surface area contributed by atoms with E-state index in [2.05, 4.69) is 4.98 Å². The lowest BCUT2D eigenvalue weighted by Gasteiger charge is -2.49. The number of nitrogens with zero attached hydrogens (tertiary/aromatic N) is 2. The number of likely N-dealkylation sites (tertiary alicyclic amines) is 1. The van der Waals surface area contributed by atoms with E-state index in [4.69, 9.17) is 14.2 Å². The van der Waals surface area contributed by atoms with Gasteiger partial charge in [-0.15, -0.1) is 0 Å². The first kappa shape index (κ1) is 17.8. The Hall–Kier alpha value is -2.60. The predicted octanol–water partition coefficient (Wildman–Crippen LogP) is 2.47. The Labute approximate surface area is 159 Å². The summed E-state index contributed by atoms with van der Waals surface area (Å²) >= 11 is 0. The van der Waals surface area contributed by atoms with E-state index in [1.165, 1.54) is 0 Å². The summed E-state index contributed by atoms with van der Waals surface area (Å²) in [5.41, 5.74) is 0.887. The first-order valence-corrected chi connectivity index (χ1v) is 9.29. The monoisotopic (exact) mass is 368 g/mol. The fraction of sp³-hybridized carbons (Fsp3) is 0.429. The molecule has 2 aliphatic rings. The van der Waals surface area contributed by atoms with Crippen LogP contribution in [0.4, 0.5) is 0 Å². The standard InChI is InChI=1S/C21H24N2O4/c1-16-4-6-18(7-5-16)26-13-20(24)23-14-21(15-23)17(8-10-27-21)12-25-19-3-2-9-22-11-19/h2-7,9,11,17H,8,10,12-15H2,1H3. The predicted molar refractivity (Wildman–Crippen MR) is 99.8 cm³/mol. The lowest BCUT2D eigenvalue weighted by Crippen LogP contribution is -2.67. The number of ether oxygens (including phenoxy) is 3. The molecule has 6 heteroatoms. The summed E-state index contributed by atoms with van der Waals surface area (Å²) in [6, 6.07) is 11.5. The minimum Gasteiger partial charge on any atom is -0.492 e. The minimum atomic E-state index is -0.276. The van der Waals surface area contributed by atoms with Crippen LogP contribution >= 0.6 is 0 Å². The summed E-state index contributed by atoms with van der Waals surface area (Å²) in [7, 11) is 0. The van der Waals surface area contributed by atoms with Gasteiger partial charge >= 0.3 is 0 Å². The van der Waals surface area contributed by atoms with Gasteiger partial charge in [-0.1, -0.05) is 17.7 Å². The molecule has 6 nitrogen and oxygen atoms in total. The first-order chi connectivity index (χ1) is 13.1. The Kier molecular flexibility index (Phi) is 4.99. The van der Waals surface area contributed by atoms with E-state index in [1.54, 1.807) is 17.3 Å². The van der Waals surface area contributed by atoms with Crippen molar-refractivity contribution in [2.24, 2.45) is 5.92 Å². The van der Waals surface area contributed by atoms with Crippen molar-refractivity contribution in [1.29, 1.82) is 0 Å². The van der Waals surface area contributed by atoms with Gasteiger partial charge in [0.05, 0.1) is 25.9 Å². The average Bonchev–Trinajstić information content (AvgIpc) is 3.09. The van der Waals surface area contributed by atoms with Crippen LogP contribution in [-0.2, 0) is 9.53 Å². The fourth-order valence-corrected chi connectivity index (χ4v) is 3.65. The van der Waals surface area contributed by atoms with Crippen molar-refractivity contribution in [3.63, 3.8) is 0 Å². The van der Waals surface area contributed by atoms with Gasteiger partial charge in [0.15, 0.2) is 6.61 Å². The van der Waals surface area contributed by atoms with Gasteiger partial charge in [0.25, 0.3) is 5.91 Å². The minimum absolute atomic E-state index is 0.0105. The van der Waals surface area contributed by atoms with Gasteiger partial charge in [0.1, 0.15) is 17.1 Å². The molecular formula is C21H24N2O4. The number of hydrogen-bond acceptors (Lipinski definition) is 5. The number of rotatable bonds is 6. The van der Waals surface area contributed by atoms with Gasteiger partial charge in [-0.2, -0.15) is 0 Å². The van der Waals surface area contributed by atoms with Crippen molar-refractivity contribution < 1.29 is 19.0 Å². The molecule has 1 amide bonds. The van der Waals surface area contributed by atoms with E-state index in [-0.39, 0.29) is 24.0 Å². The van der Waals surface area contributed by atoms with E-state index < -0.39 is 0 Å². The van der Waals surface area contributed by atoms with Crippen molar-refractivity contribution in [1.82, 2.24) is 9.88 Å². The van der Waals surface area contributed by atoms with Crippen LogP contribution < -0.4 is 9.47 Å². The first-order valence-electron chi connectivity index (χ1n) is 9.29. The summed E-state index contributed by atoms with van der Waals surface area (Å²) in [6.45, 7) is 4.56. The highest BCUT2D eigenvalue weighted by Gasteiger charge is 2.54. The Morgan fingerprint density at radius 3 is 2.78 bits per heavy atom. The highest BCUT2D eigenvalue weighted by molar-refractivity contribution is 5.79. The fourth-order valence-electron chi connectivity index (χ4n) is 3.65. The molecule has 0 saturated carbocycles. The van der Waals surface area contributed by atoms with E-state index in [0.29, 0.717) is 32.1 Å². The summed E-state index contributed by atoms with van der Waals surface area (Å²) < 4.78 is 17.5. The maximum Gasteiger partial charge on any atom is 0.260 e. The van der Waals surface area contributed by atoms with Crippen LogP contribution in [0.15, 0.2) is 48.8 Å². The molecule has 0 N–H and O–H groups in total. The largest absolute Gasteiger partial charge is 0.492 e. The third kappa shape index (κ3) is 3.90. The molecule has 2 aromatic rings. The SMILES string of the molecule is Cc1ccc(OCC(=O)N2CC3(C2)OCCC3COc2cccnc2)cc1. The maximum absolute atomic E-state index is 12.4. The van der Waals surface area contributed by atoms with Crippen molar-refractivity contribution in [3.05, 3.63) is 54.4 Å². The van der Waals surface area contributed by atoms with Crippen LogP contribution in [-0.4, -0.2) is 54.3 Å². The number of hydrogen-bond donors (Lipinski definition) is 0. The zero-order chi connectivity index (χ0) is 18.7. The van der Waals surface area contributed by atoms with E-state index in [1.807, 2.05) is 43.3 Å². The zero-order valence-electron chi connectivity index (χ0n) is 15.5. The van der Waals surface area contributed by atoms with Crippen molar-refractivity contribution in [3.8, 4) is 11.5 Å². The van der Waals surface area contributed by atoms with Gasteiger partial charge < -0.3 is 19.1 Å². The van der Waals surface area contributed by atoms with Crippen LogP contribution in [0.3, 0.4) is 0 Å². The lowest BCUT2D eigenvalue weighted by molar-refractivity contribution is -0.168. The molecule has 2 aliphatic heterocycles. The van der Waals surface area contributed by atoms with Crippen molar-refractivity contribution in [2.45, 2.75) is 18.9 Å². The quantitative estimate of drug-likeness (QED) is 0.784. The number of aryl methyl sites for hydroxylation is 1. The highest BCUT2D eigenvalue weighted by atomic mass is 16.5. The molecular weight excluding hydrogens is 344 g/mol. The van der Waals surface area contributed by atoms with Crippen molar-refractivity contribution >= 4 is 5.91 Å². The number of carbonyl (C=O) groups is 1. The second-order valence-electron chi connectivity index (χ2n) is 7.25. The molecule has 3 heterocycles. The van der Waals surface area contributed by atoms with E-state index >= 15 is 0 Å². The van der Waals surface area contributed by atoms with Crippen LogP contribution in [0.2, 0.25) is 0 Å². The van der Waals surface area contributed by atoms with Crippen LogP contribution in [0.5, 0.6) is 11.5 Å². The zero-order valence-corrected chi connectivity index (χ0v) is 15.5. The molecule has 1 spiro atoms. The van der Waals surface area contributed by atoms with Gasteiger partial charge in [0.2, 0.25) is 0 Å². The smallest absolute Gasteiger partial charge is 0.260 e. The molecule has 142 valence electrons. The Morgan fingerprint density at radius 2 is 2.04 bits per heavy atom. The normalized spacial score (nSPS) is 20.3. The van der Waals surface area contributed by atoms with Crippen molar-refractivity contribution in [2.75, 3.05) is 32.9 Å². The van der Waals surface area contributed by atoms with Gasteiger partial charge in [0, 0.05) is 18.7 Å². The Morgan fingerprint density at radius 1 is 1.22 bits per heavy atom. The molecule has 1 aromatic carbocycles. The molecule has 0 radical (unpaired) electrons. The maximum atomic E-state index is 12.4. The summed E-state index contributed by atoms with van der Waals surface area (Å²) in [5, 5.41) is 0. The molecule has 1 unspecified atom stereocenters. The van der Waals surface area contributed by atoms with E-state index in [9.17, 15) is 4.79 Å². The molecule has 2 fully saturated rings. The second kappa shape index (κ2) is 7.56. The molecule has 2 saturated heterocycles. The second-order valence-corrected chi connectivity index (χ2v) is 7.25. The van der Waals surface area contributed by atoms with Crippen LogP contribution in [0.1, 0.15) is 12.0 Å². The lowest BCUT2D eigenvalue weighted by atomic mass is 9.81. The highest BCUT2D eigenvalue weighted by Crippen LogP contribution is 2.40. The third-order valence-electron chi connectivity index (χ3n) is 5.34. The third-order valence-corrected chi connectivity index (χ3v) is 5.34. The summed E-state index contributed by atoms with van der Waals surface area (Å²) in [5.74, 6) is 1.74. The van der Waals surface area contributed by atoms with Gasteiger partial charge in [-0.25, -0.2) is 0 Å². The molecule has 27 heavy (non-hydrogen) atoms. The number of benzene rings is 1. The molecule has 1 atom stereocenters. The Bertz CT molecular complexity index is 773. The van der Waals surface area contributed by atoms with Gasteiger partial charge in [-0.3, -0.25) is 9.78 Å². The van der Waals surface area contributed by atoms with Crippen LogP contribution in [0.25, 0.3) is 0 Å². The number of aromatic nitrogens is 1. The molecule has 0 aliphatic carbocycles. The molecule has 0 bridgehead atoms. The summed E-state index contributed by atoms with van der Waals surface area (Å²) in [6.07, 6.45) is 4.38. The topological polar surface area (TPSA) is 60.9 Å². The molecule has 1 aromatic heterocycles. The number of amides is 1.